The van der Waals surface area contributed by atoms with Gasteiger partial charge in [0.15, 0.2) is 0 Å². The summed E-state index contributed by atoms with van der Waals surface area (Å²) in [6.07, 6.45) is 4.98. The first-order valence-corrected chi connectivity index (χ1v) is 5.86. The van der Waals surface area contributed by atoms with Gasteiger partial charge in [0.25, 0.3) is 0 Å². The molecule has 3 nitrogen and oxygen atoms in total. The zero-order valence-electron chi connectivity index (χ0n) is 9.90. The van der Waals surface area contributed by atoms with E-state index in [1.54, 1.807) is 6.42 Å². The van der Waals surface area contributed by atoms with Gasteiger partial charge in [0, 0.05) is 17.1 Å². The van der Waals surface area contributed by atoms with E-state index in [-0.39, 0.29) is 5.97 Å². The second kappa shape index (κ2) is 5.53. The quantitative estimate of drug-likeness (QED) is 0.802. The van der Waals surface area contributed by atoms with Gasteiger partial charge >= 0.3 is 5.97 Å². The van der Waals surface area contributed by atoms with E-state index in [1.165, 1.54) is 0 Å². The van der Waals surface area contributed by atoms with Gasteiger partial charge in [-0.1, -0.05) is 25.1 Å². The number of ether oxygens (including phenoxy) is 1. The highest BCUT2D eigenvalue weighted by atomic mass is 16.5. The molecule has 1 heterocycles. The third kappa shape index (κ3) is 2.87. The first-order chi connectivity index (χ1) is 8.31. The highest BCUT2D eigenvalue weighted by Gasteiger charge is 2.07. The molecule has 0 spiro atoms. The number of benzene rings is 1. The van der Waals surface area contributed by atoms with Crippen LogP contribution in [0.5, 0.6) is 0 Å². The molecule has 0 unspecified atom stereocenters. The third-order valence-corrected chi connectivity index (χ3v) is 2.61. The van der Waals surface area contributed by atoms with E-state index in [2.05, 4.69) is 4.98 Å². The average Bonchev–Trinajstić information content (AvgIpc) is 2.77. The Hall–Kier alpha value is -1.77. The molecule has 2 rings (SSSR count). The molecule has 1 radical (unpaired) electrons. The number of para-hydroxylation sites is 1. The number of aromatic nitrogens is 1. The van der Waals surface area contributed by atoms with Gasteiger partial charge < -0.3 is 9.72 Å². The number of hydrogen-bond donors (Lipinski definition) is 1. The van der Waals surface area contributed by atoms with Crippen LogP contribution in [0.4, 0.5) is 0 Å². The molecule has 2 aromatic rings. The SMILES string of the molecule is CCCOC(=O)[CH]Cc1c[nH]c2ccccc12. The highest BCUT2D eigenvalue weighted by molar-refractivity contribution is 5.85. The van der Waals surface area contributed by atoms with E-state index < -0.39 is 0 Å². The van der Waals surface area contributed by atoms with Crippen LogP contribution < -0.4 is 0 Å². The molecule has 3 heteroatoms. The largest absolute Gasteiger partial charge is 0.465 e. The van der Waals surface area contributed by atoms with Gasteiger partial charge in [-0.3, -0.25) is 4.79 Å². The highest BCUT2D eigenvalue weighted by Crippen LogP contribution is 2.18. The van der Waals surface area contributed by atoms with E-state index in [0.29, 0.717) is 13.0 Å². The maximum absolute atomic E-state index is 11.3. The van der Waals surface area contributed by atoms with E-state index in [9.17, 15) is 4.79 Å². The summed E-state index contributed by atoms with van der Waals surface area (Å²) in [7, 11) is 0. The van der Waals surface area contributed by atoms with Crippen LogP contribution in [0.2, 0.25) is 0 Å². The Morgan fingerprint density at radius 1 is 1.41 bits per heavy atom. The molecule has 0 aliphatic carbocycles. The van der Waals surface area contributed by atoms with E-state index in [0.717, 1.165) is 22.9 Å². The molecule has 17 heavy (non-hydrogen) atoms. The lowest BCUT2D eigenvalue weighted by Crippen LogP contribution is -2.07. The Labute approximate surface area is 101 Å². The Bertz CT molecular complexity index is 502. The van der Waals surface area contributed by atoms with Crippen LogP contribution in [-0.4, -0.2) is 17.6 Å². The standard InChI is InChI=1S/C14H16NO2/c1-2-9-17-14(16)8-7-11-10-15-13-6-4-3-5-12(11)13/h3-6,8,10,15H,2,7,9H2,1H3. The number of hydrogen-bond acceptors (Lipinski definition) is 2. The normalized spacial score (nSPS) is 10.6. The molecule has 0 amide bonds. The van der Waals surface area contributed by atoms with Crippen molar-refractivity contribution in [3.8, 4) is 0 Å². The van der Waals surface area contributed by atoms with Crippen LogP contribution in [0.25, 0.3) is 10.9 Å². The number of fused-ring (bicyclic) bond motifs is 1. The zero-order valence-corrected chi connectivity index (χ0v) is 9.90. The number of carbonyl (C=O) groups is 1. The summed E-state index contributed by atoms with van der Waals surface area (Å²) >= 11 is 0. The van der Waals surface area contributed by atoms with Gasteiger partial charge in [0.05, 0.1) is 13.0 Å². The molecular formula is C14H16NO2. The summed E-state index contributed by atoms with van der Waals surface area (Å²) in [5, 5.41) is 1.16. The van der Waals surface area contributed by atoms with Crippen LogP contribution in [0.1, 0.15) is 18.9 Å². The zero-order chi connectivity index (χ0) is 12.1. The lowest BCUT2D eigenvalue weighted by molar-refractivity contribution is -0.139. The molecule has 1 aromatic carbocycles. The summed E-state index contributed by atoms with van der Waals surface area (Å²) in [4.78, 5) is 14.5. The second-order valence-corrected chi connectivity index (χ2v) is 3.94. The molecule has 1 aromatic heterocycles. The first kappa shape index (κ1) is 11.7. The van der Waals surface area contributed by atoms with Crippen LogP contribution in [0.3, 0.4) is 0 Å². The molecule has 0 fully saturated rings. The molecule has 89 valence electrons. The fourth-order valence-electron chi connectivity index (χ4n) is 1.76. The van der Waals surface area contributed by atoms with Crippen molar-refractivity contribution >= 4 is 16.9 Å². The lowest BCUT2D eigenvalue weighted by Gasteiger charge is -2.01. The fourth-order valence-corrected chi connectivity index (χ4v) is 1.76. The first-order valence-electron chi connectivity index (χ1n) is 5.86. The van der Waals surface area contributed by atoms with Gasteiger partial charge in [-0.05, 0) is 24.5 Å². The molecule has 0 aliphatic rings. The number of H-pyrrole nitrogens is 1. The van der Waals surface area contributed by atoms with Crippen molar-refractivity contribution in [1.82, 2.24) is 4.98 Å². The van der Waals surface area contributed by atoms with Gasteiger partial charge in [-0.25, -0.2) is 0 Å². The van der Waals surface area contributed by atoms with Gasteiger partial charge in [0.2, 0.25) is 0 Å². The number of rotatable bonds is 5. The molecule has 0 bridgehead atoms. The Morgan fingerprint density at radius 2 is 2.24 bits per heavy atom. The molecular weight excluding hydrogens is 214 g/mol. The summed E-state index contributed by atoms with van der Waals surface area (Å²) in [5.41, 5.74) is 2.21. The number of carbonyl (C=O) groups excluding carboxylic acids is 1. The Kier molecular flexibility index (Phi) is 3.81. The number of aromatic amines is 1. The summed E-state index contributed by atoms with van der Waals surface area (Å²) in [6.45, 7) is 2.47. The molecule has 0 aliphatic heterocycles. The lowest BCUT2D eigenvalue weighted by atomic mass is 10.1. The van der Waals surface area contributed by atoms with Crippen molar-refractivity contribution in [2.75, 3.05) is 6.61 Å². The molecule has 1 N–H and O–H groups in total. The number of nitrogens with one attached hydrogen (secondary N) is 1. The third-order valence-electron chi connectivity index (χ3n) is 2.61. The fraction of sp³-hybridized carbons (Fsp3) is 0.286. The van der Waals surface area contributed by atoms with Crippen LogP contribution >= 0.6 is 0 Å². The van der Waals surface area contributed by atoms with Crippen molar-refractivity contribution < 1.29 is 9.53 Å². The van der Waals surface area contributed by atoms with E-state index in [4.69, 9.17) is 4.74 Å². The minimum atomic E-state index is -0.239. The predicted molar refractivity (Wildman–Crippen MR) is 67.6 cm³/mol. The van der Waals surface area contributed by atoms with Crippen molar-refractivity contribution in [3.63, 3.8) is 0 Å². The van der Waals surface area contributed by atoms with E-state index in [1.807, 2.05) is 37.4 Å². The van der Waals surface area contributed by atoms with Gasteiger partial charge in [0.1, 0.15) is 0 Å². The van der Waals surface area contributed by atoms with Crippen LogP contribution in [-0.2, 0) is 16.0 Å². The van der Waals surface area contributed by atoms with Crippen molar-refractivity contribution in [1.29, 1.82) is 0 Å². The van der Waals surface area contributed by atoms with Crippen molar-refractivity contribution in [2.24, 2.45) is 0 Å². The Morgan fingerprint density at radius 3 is 3.06 bits per heavy atom. The number of esters is 1. The van der Waals surface area contributed by atoms with Crippen molar-refractivity contribution in [2.45, 2.75) is 19.8 Å². The van der Waals surface area contributed by atoms with Crippen LogP contribution in [0, 0.1) is 6.42 Å². The molecule has 0 saturated carbocycles. The minimum Gasteiger partial charge on any atom is -0.465 e. The molecule has 0 atom stereocenters. The summed E-state index contributed by atoms with van der Waals surface area (Å²) in [5.74, 6) is -0.239. The maximum Gasteiger partial charge on any atom is 0.310 e. The summed E-state index contributed by atoms with van der Waals surface area (Å²) in [6, 6.07) is 8.05. The summed E-state index contributed by atoms with van der Waals surface area (Å²) < 4.78 is 5.00. The second-order valence-electron chi connectivity index (χ2n) is 3.94. The Balaban J connectivity index is 1.97. The minimum absolute atomic E-state index is 0.239. The van der Waals surface area contributed by atoms with Gasteiger partial charge in [-0.15, -0.1) is 0 Å². The van der Waals surface area contributed by atoms with Gasteiger partial charge in [-0.2, -0.15) is 0 Å². The topological polar surface area (TPSA) is 42.1 Å². The monoisotopic (exact) mass is 230 g/mol. The molecule has 0 saturated heterocycles. The smallest absolute Gasteiger partial charge is 0.310 e. The van der Waals surface area contributed by atoms with E-state index >= 15 is 0 Å². The predicted octanol–water partition coefficient (Wildman–Crippen LogP) is 2.87. The average molecular weight is 230 g/mol. The van der Waals surface area contributed by atoms with Crippen LogP contribution in [0.15, 0.2) is 30.5 Å². The van der Waals surface area contributed by atoms with Crippen molar-refractivity contribution in [3.05, 3.63) is 42.4 Å². The maximum atomic E-state index is 11.3.